The monoisotopic (exact) mass is 379 g/mol. The van der Waals surface area contributed by atoms with E-state index in [1.165, 1.54) is 0 Å². The summed E-state index contributed by atoms with van der Waals surface area (Å²) in [5.74, 6) is 0.000633. The third-order valence-electron chi connectivity index (χ3n) is 4.18. The molecule has 0 aliphatic carbocycles. The van der Waals surface area contributed by atoms with E-state index in [1.54, 1.807) is 26.2 Å². The molecule has 1 heterocycles. The van der Waals surface area contributed by atoms with Crippen LogP contribution >= 0.6 is 12.4 Å². The molecule has 0 radical (unpaired) electrons. The van der Waals surface area contributed by atoms with Crippen LogP contribution in [-0.2, 0) is 15.6 Å². The summed E-state index contributed by atoms with van der Waals surface area (Å²) >= 11 is 0. The number of quaternary nitrogens is 1. The Bertz CT molecular complexity index is 899. The van der Waals surface area contributed by atoms with Gasteiger partial charge in [0.2, 0.25) is 0 Å². The minimum absolute atomic E-state index is 0. The molecule has 0 unspecified atom stereocenters. The zero-order valence-electron chi connectivity index (χ0n) is 14.3. The second kappa shape index (κ2) is 7.30. The fraction of sp³-hybridized carbons (Fsp3) is 0.263. The standard InChI is InChI=1S/C19H21NO3S.ClH/c1-20(2,21)13-7-11-17-16-9-4-3-8-15(16)14-24(22,23)19-12-6-5-10-18(17)19;/h3-6,8-12H,7,13-14H2,1-2H3;1H/b17-11+;. The summed E-state index contributed by atoms with van der Waals surface area (Å²) < 4.78 is 25.1. The van der Waals surface area contributed by atoms with Gasteiger partial charge >= 0.3 is 0 Å². The minimum atomic E-state index is -3.38. The van der Waals surface area contributed by atoms with E-state index >= 15 is 0 Å². The maximum absolute atomic E-state index is 12.8. The van der Waals surface area contributed by atoms with E-state index in [1.807, 2.05) is 42.5 Å². The van der Waals surface area contributed by atoms with Crippen molar-refractivity contribution in [3.05, 3.63) is 76.5 Å². The maximum Gasteiger partial charge on any atom is 0.183 e. The van der Waals surface area contributed by atoms with Crippen molar-refractivity contribution < 1.29 is 13.1 Å². The van der Waals surface area contributed by atoms with Crippen LogP contribution in [0.4, 0.5) is 0 Å². The normalized spacial score (nSPS) is 17.2. The Labute approximate surface area is 155 Å². The van der Waals surface area contributed by atoms with Gasteiger partial charge in [0.1, 0.15) is 0 Å². The number of fused-ring (bicyclic) bond motifs is 2. The van der Waals surface area contributed by atoms with Gasteiger partial charge in [0.05, 0.1) is 31.3 Å². The summed E-state index contributed by atoms with van der Waals surface area (Å²) in [5, 5.41) is 11.8. The molecule has 1 aliphatic heterocycles. The fourth-order valence-electron chi connectivity index (χ4n) is 3.04. The third kappa shape index (κ3) is 4.30. The topological polar surface area (TPSA) is 57.2 Å². The van der Waals surface area contributed by atoms with E-state index in [9.17, 15) is 13.6 Å². The van der Waals surface area contributed by atoms with Crippen LogP contribution in [0.5, 0.6) is 0 Å². The average Bonchev–Trinajstić information content (AvgIpc) is 2.60. The molecule has 25 heavy (non-hydrogen) atoms. The van der Waals surface area contributed by atoms with Crippen LogP contribution in [0.1, 0.15) is 23.1 Å². The summed E-state index contributed by atoms with van der Waals surface area (Å²) in [6.45, 7) is 0.445. The molecule has 0 bridgehead atoms. The van der Waals surface area contributed by atoms with Gasteiger partial charge in [-0.1, -0.05) is 48.5 Å². The van der Waals surface area contributed by atoms with Crippen LogP contribution in [0.25, 0.3) is 5.57 Å². The Morgan fingerprint density at radius 1 is 1.04 bits per heavy atom. The van der Waals surface area contributed by atoms with Crippen LogP contribution in [0.2, 0.25) is 0 Å². The van der Waals surface area contributed by atoms with Gasteiger partial charge < -0.3 is 9.85 Å². The number of hydrogen-bond acceptors (Lipinski definition) is 3. The van der Waals surface area contributed by atoms with Crippen LogP contribution in [0.3, 0.4) is 0 Å². The summed E-state index contributed by atoms with van der Waals surface area (Å²) in [7, 11) is -0.167. The van der Waals surface area contributed by atoms with Gasteiger partial charge in [-0.05, 0) is 22.8 Å². The van der Waals surface area contributed by atoms with Gasteiger partial charge in [-0.3, -0.25) is 0 Å². The number of benzene rings is 2. The molecule has 0 amide bonds. The van der Waals surface area contributed by atoms with Crippen LogP contribution in [0, 0.1) is 5.21 Å². The Hall–Kier alpha value is -1.66. The van der Waals surface area contributed by atoms with Gasteiger partial charge in [-0.2, -0.15) is 0 Å². The Morgan fingerprint density at radius 3 is 2.32 bits per heavy atom. The highest BCUT2D eigenvalue weighted by Gasteiger charge is 2.27. The summed E-state index contributed by atoms with van der Waals surface area (Å²) in [6, 6.07) is 14.7. The molecule has 3 rings (SSSR count). The number of hydroxylamine groups is 3. The van der Waals surface area contributed by atoms with E-state index in [0.717, 1.165) is 22.3 Å². The smallest absolute Gasteiger partial charge is 0.183 e. The Morgan fingerprint density at radius 2 is 1.64 bits per heavy atom. The van der Waals surface area contributed by atoms with E-state index < -0.39 is 9.84 Å². The van der Waals surface area contributed by atoms with Crippen LogP contribution in [0.15, 0.2) is 59.5 Å². The quantitative estimate of drug-likeness (QED) is 0.602. The molecule has 0 saturated carbocycles. The maximum atomic E-state index is 12.8. The summed E-state index contributed by atoms with van der Waals surface area (Å²) in [5.41, 5.74) is 3.35. The van der Waals surface area contributed by atoms with Gasteiger partial charge in [-0.15, -0.1) is 12.4 Å². The molecule has 0 spiro atoms. The lowest BCUT2D eigenvalue weighted by Gasteiger charge is -2.33. The van der Waals surface area contributed by atoms with Gasteiger partial charge in [0.15, 0.2) is 9.84 Å². The van der Waals surface area contributed by atoms with Crippen LogP contribution in [-0.4, -0.2) is 33.7 Å². The Kier molecular flexibility index (Phi) is 5.74. The molecule has 0 N–H and O–H groups in total. The first kappa shape index (κ1) is 19.7. The molecule has 0 fully saturated rings. The molecule has 0 saturated heterocycles. The van der Waals surface area contributed by atoms with Crippen molar-refractivity contribution >= 4 is 27.8 Å². The number of rotatable bonds is 3. The molecule has 1 aliphatic rings. The number of hydrogen-bond donors (Lipinski definition) is 0. The van der Waals surface area contributed by atoms with E-state index in [-0.39, 0.29) is 22.8 Å². The number of sulfone groups is 1. The van der Waals surface area contributed by atoms with Gasteiger partial charge in [0, 0.05) is 12.0 Å². The number of nitrogens with zero attached hydrogens (tertiary/aromatic N) is 1. The van der Waals surface area contributed by atoms with Gasteiger partial charge in [-0.25, -0.2) is 8.42 Å². The highest BCUT2D eigenvalue weighted by molar-refractivity contribution is 7.90. The average molecular weight is 380 g/mol. The van der Waals surface area contributed by atoms with Gasteiger partial charge in [0.25, 0.3) is 0 Å². The van der Waals surface area contributed by atoms with Crippen molar-refractivity contribution in [1.82, 2.24) is 0 Å². The molecule has 134 valence electrons. The minimum Gasteiger partial charge on any atom is -0.633 e. The first-order valence-electron chi connectivity index (χ1n) is 7.92. The highest BCUT2D eigenvalue weighted by Crippen LogP contribution is 2.37. The number of halogens is 1. The van der Waals surface area contributed by atoms with Crippen molar-refractivity contribution in [1.29, 1.82) is 0 Å². The molecular formula is C19H22ClNO3S. The second-order valence-corrected chi connectivity index (χ2v) is 8.57. The van der Waals surface area contributed by atoms with Crippen molar-refractivity contribution in [2.45, 2.75) is 17.1 Å². The summed E-state index contributed by atoms with van der Waals surface area (Å²) in [6.07, 6.45) is 2.59. The molecule has 4 nitrogen and oxygen atoms in total. The molecule has 0 aromatic heterocycles. The predicted octanol–water partition coefficient (Wildman–Crippen LogP) is 3.79. The van der Waals surface area contributed by atoms with Crippen molar-refractivity contribution in [2.75, 3.05) is 20.6 Å². The fourth-order valence-corrected chi connectivity index (χ4v) is 4.65. The predicted molar refractivity (Wildman–Crippen MR) is 103 cm³/mol. The first-order chi connectivity index (χ1) is 11.3. The molecular weight excluding hydrogens is 358 g/mol. The van der Waals surface area contributed by atoms with Crippen LogP contribution < -0.4 is 0 Å². The van der Waals surface area contributed by atoms with E-state index in [0.29, 0.717) is 17.9 Å². The zero-order chi connectivity index (χ0) is 17.4. The largest absolute Gasteiger partial charge is 0.633 e. The lowest BCUT2D eigenvalue weighted by molar-refractivity contribution is -0.839. The zero-order valence-corrected chi connectivity index (χ0v) is 15.9. The van der Waals surface area contributed by atoms with Crippen molar-refractivity contribution in [3.8, 4) is 0 Å². The lowest BCUT2D eigenvalue weighted by atomic mass is 9.93. The summed E-state index contributed by atoms with van der Waals surface area (Å²) in [4.78, 5) is 0.364. The van der Waals surface area contributed by atoms with E-state index in [2.05, 4.69) is 0 Å². The van der Waals surface area contributed by atoms with Crippen molar-refractivity contribution in [3.63, 3.8) is 0 Å². The highest BCUT2D eigenvalue weighted by atomic mass is 35.5. The molecule has 2 aromatic rings. The molecule has 2 aromatic carbocycles. The Balaban J connectivity index is 0.00000225. The lowest BCUT2D eigenvalue weighted by Crippen LogP contribution is -2.32. The third-order valence-corrected chi connectivity index (χ3v) is 5.90. The first-order valence-corrected chi connectivity index (χ1v) is 9.58. The van der Waals surface area contributed by atoms with Crippen molar-refractivity contribution in [2.24, 2.45) is 0 Å². The SMILES string of the molecule is C[N+](C)([O-])CC/C=C1\c2ccccc2CS(=O)(=O)c2ccccc21.Cl. The molecule has 0 atom stereocenters. The second-order valence-electron chi connectivity index (χ2n) is 6.62. The van der Waals surface area contributed by atoms with E-state index in [4.69, 9.17) is 0 Å². The molecule has 6 heteroatoms.